The summed E-state index contributed by atoms with van der Waals surface area (Å²) in [6, 6.07) is 0. The van der Waals surface area contributed by atoms with Crippen molar-refractivity contribution in [2.24, 2.45) is 5.92 Å². The van der Waals surface area contributed by atoms with Crippen LogP contribution in [-0.2, 0) is 18.9 Å². The molecular weight excluding hydrogens is 548 g/mol. The number of amides is 4. The predicted octanol–water partition coefficient (Wildman–Crippen LogP) is 4.51. The van der Waals surface area contributed by atoms with Crippen LogP contribution in [0.25, 0.3) is 0 Å². The van der Waals surface area contributed by atoms with Gasteiger partial charge in [-0.2, -0.15) is 0 Å². The van der Waals surface area contributed by atoms with Crippen molar-refractivity contribution in [3.8, 4) is 0 Å². The van der Waals surface area contributed by atoms with Gasteiger partial charge in [0, 0.05) is 45.9 Å². The lowest BCUT2D eigenvalue weighted by atomic mass is 10.0. The van der Waals surface area contributed by atoms with Crippen LogP contribution < -0.4 is 10.6 Å². The summed E-state index contributed by atoms with van der Waals surface area (Å²) in [5.41, 5.74) is -2.89. The summed E-state index contributed by atoms with van der Waals surface area (Å²) in [6.45, 7) is 21.4. The number of nitrogens with one attached hydrogen (secondary N) is 2. The van der Waals surface area contributed by atoms with Crippen LogP contribution in [0.1, 0.15) is 89.5 Å². The summed E-state index contributed by atoms with van der Waals surface area (Å²) in [5, 5.41) is 15.1. The first-order valence-electron chi connectivity index (χ1n) is 14.4. The molecule has 0 spiro atoms. The molecule has 0 radical (unpaired) electrons. The molecule has 0 bridgehead atoms. The van der Waals surface area contributed by atoms with Crippen LogP contribution in [0.15, 0.2) is 0 Å². The van der Waals surface area contributed by atoms with Crippen LogP contribution in [0.4, 0.5) is 19.2 Å². The highest BCUT2D eigenvalue weighted by Gasteiger charge is 2.29. The van der Waals surface area contributed by atoms with Gasteiger partial charge in [0.2, 0.25) is 0 Å². The van der Waals surface area contributed by atoms with Gasteiger partial charge < -0.3 is 44.5 Å². The summed E-state index contributed by atoms with van der Waals surface area (Å²) in [5.74, 6) is -0.391. The Morgan fingerprint density at radius 1 is 0.595 bits per heavy atom. The molecule has 0 aromatic rings. The molecule has 246 valence electrons. The molecule has 0 rings (SSSR count). The second kappa shape index (κ2) is 16.6. The smallest absolute Gasteiger partial charge is 0.410 e. The largest absolute Gasteiger partial charge is 0.444 e. The molecule has 42 heavy (non-hydrogen) atoms. The van der Waals surface area contributed by atoms with Gasteiger partial charge in [-0.25, -0.2) is 19.2 Å². The van der Waals surface area contributed by atoms with Crippen LogP contribution in [0, 0.1) is 5.92 Å². The highest BCUT2D eigenvalue weighted by Crippen LogP contribution is 2.17. The highest BCUT2D eigenvalue weighted by molar-refractivity contribution is 5.70. The molecule has 0 aliphatic carbocycles. The molecular formula is C29H56N4O9. The average Bonchev–Trinajstić information content (AvgIpc) is 2.72. The number of carbonyl (C=O) groups excluding carboxylic acids is 4. The molecule has 0 aromatic heterocycles. The Morgan fingerprint density at radius 2 is 0.905 bits per heavy atom. The zero-order valence-electron chi connectivity index (χ0n) is 27.8. The first-order valence-corrected chi connectivity index (χ1v) is 14.4. The zero-order valence-corrected chi connectivity index (χ0v) is 27.8. The third-order valence-electron chi connectivity index (χ3n) is 4.90. The lowest BCUT2D eigenvalue weighted by Gasteiger charge is -2.33. The van der Waals surface area contributed by atoms with Gasteiger partial charge in [0.15, 0.2) is 0 Å². The summed E-state index contributed by atoms with van der Waals surface area (Å²) >= 11 is 0. The van der Waals surface area contributed by atoms with Crippen molar-refractivity contribution in [3.05, 3.63) is 0 Å². The number of ether oxygens (including phenoxy) is 4. The Morgan fingerprint density at radius 3 is 1.17 bits per heavy atom. The van der Waals surface area contributed by atoms with Crippen LogP contribution >= 0.6 is 0 Å². The maximum absolute atomic E-state index is 13.1. The van der Waals surface area contributed by atoms with Gasteiger partial charge in [0.05, 0.1) is 0 Å². The minimum Gasteiger partial charge on any atom is -0.444 e. The molecule has 0 aliphatic rings. The van der Waals surface area contributed by atoms with Gasteiger partial charge in [-0.1, -0.05) is 0 Å². The van der Waals surface area contributed by atoms with E-state index in [-0.39, 0.29) is 52.3 Å². The third kappa shape index (κ3) is 20.8. The van der Waals surface area contributed by atoms with E-state index in [0.717, 1.165) is 0 Å². The van der Waals surface area contributed by atoms with Crippen molar-refractivity contribution in [3.63, 3.8) is 0 Å². The Bertz CT molecular complexity index is 800. The summed E-state index contributed by atoms with van der Waals surface area (Å²) in [4.78, 5) is 53.3. The fraction of sp³-hybridized carbons (Fsp3) is 0.862. The monoisotopic (exact) mass is 604 g/mol. The van der Waals surface area contributed by atoms with E-state index in [1.54, 1.807) is 83.1 Å². The first-order chi connectivity index (χ1) is 18.9. The maximum Gasteiger partial charge on any atom is 0.410 e. The van der Waals surface area contributed by atoms with Crippen molar-refractivity contribution >= 4 is 24.4 Å². The lowest BCUT2D eigenvalue weighted by molar-refractivity contribution is 0.0121. The minimum absolute atomic E-state index is 0.0928. The van der Waals surface area contributed by atoms with Crippen molar-refractivity contribution in [1.29, 1.82) is 0 Å². The van der Waals surface area contributed by atoms with Gasteiger partial charge in [0.1, 0.15) is 22.4 Å². The zero-order chi connectivity index (χ0) is 32.9. The molecule has 13 heteroatoms. The molecule has 13 nitrogen and oxygen atoms in total. The SMILES string of the molecule is CC(C)(C)OC(=O)NCCN(CC(CCO)CN(CCNC(=O)OC(C)(C)C)C(=O)OC(C)(C)C)C(=O)OC(C)(C)C. The molecule has 0 aliphatic heterocycles. The fourth-order valence-corrected chi connectivity index (χ4v) is 3.43. The topological polar surface area (TPSA) is 156 Å². The molecule has 0 saturated carbocycles. The predicted molar refractivity (Wildman–Crippen MR) is 159 cm³/mol. The number of rotatable bonds is 12. The number of nitrogens with zero attached hydrogens (tertiary/aromatic N) is 2. The Kier molecular flexibility index (Phi) is 15.4. The van der Waals surface area contributed by atoms with E-state index in [0.29, 0.717) is 0 Å². The standard InChI is InChI=1S/C29H56N4O9/c1-26(2,3)39-22(35)30-14-16-32(24(37)41-28(7,8)9)19-21(13-18-34)20-33(25(38)42-29(10,11)12)17-15-31-23(36)40-27(4,5)6/h21,34H,13-20H2,1-12H3,(H,30,35)(H,31,36). The van der Waals surface area contributed by atoms with E-state index in [1.807, 2.05) is 0 Å². The first kappa shape index (κ1) is 39.0. The summed E-state index contributed by atoms with van der Waals surface area (Å²) in [6.07, 6.45) is -2.18. The van der Waals surface area contributed by atoms with Gasteiger partial charge in [-0.05, 0) is 95.4 Å². The van der Waals surface area contributed by atoms with Crippen LogP contribution in [-0.4, -0.2) is 108 Å². The number of aliphatic hydroxyl groups is 1. The van der Waals surface area contributed by atoms with Gasteiger partial charge >= 0.3 is 24.4 Å². The Balaban J connectivity index is 5.75. The number of alkyl carbamates (subject to hydrolysis) is 2. The van der Waals surface area contributed by atoms with E-state index in [2.05, 4.69) is 10.6 Å². The molecule has 4 amide bonds. The van der Waals surface area contributed by atoms with Crippen LogP contribution in [0.5, 0.6) is 0 Å². The van der Waals surface area contributed by atoms with E-state index >= 15 is 0 Å². The Labute approximate surface area is 251 Å². The molecule has 0 atom stereocenters. The van der Waals surface area contributed by atoms with Gasteiger partial charge in [-0.15, -0.1) is 0 Å². The molecule has 0 aromatic carbocycles. The second-order valence-corrected chi connectivity index (χ2v) is 14.1. The number of hydrogen-bond donors (Lipinski definition) is 3. The molecule has 0 saturated heterocycles. The third-order valence-corrected chi connectivity index (χ3v) is 4.90. The quantitative estimate of drug-likeness (QED) is 0.273. The van der Waals surface area contributed by atoms with Crippen molar-refractivity contribution in [2.45, 2.75) is 112 Å². The normalized spacial score (nSPS) is 12.3. The second-order valence-electron chi connectivity index (χ2n) is 14.1. The van der Waals surface area contributed by atoms with Gasteiger partial charge in [0.25, 0.3) is 0 Å². The summed E-state index contributed by atoms with van der Waals surface area (Å²) < 4.78 is 21.7. The lowest BCUT2D eigenvalue weighted by Crippen LogP contribution is -2.48. The number of carbonyl (C=O) groups is 4. The Hall–Kier alpha value is -2.96. The van der Waals surface area contributed by atoms with Crippen LogP contribution in [0.2, 0.25) is 0 Å². The number of hydrogen-bond acceptors (Lipinski definition) is 9. The number of aliphatic hydroxyl groups excluding tert-OH is 1. The average molecular weight is 605 g/mol. The van der Waals surface area contributed by atoms with E-state index in [4.69, 9.17) is 18.9 Å². The summed E-state index contributed by atoms with van der Waals surface area (Å²) in [7, 11) is 0. The van der Waals surface area contributed by atoms with Gasteiger partial charge in [-0.3, -0.25) is 0 Å². The van der Waals surface area contributed by atoms with Crippen molar-refractivity contribution < 1.29 is 43.2 Å². The maximum atomic E-state index is 13.1. The van der Waals surface area contributed by atoms with E-state index < -0.39 is 52.7 Å². The molecule has 3 N–H and O–H groups in total. The molecule has 0 heterocycles. The minimum atomic E-state index is -0.768. The van der Waals surface area contributed by atoms with Crippen LogP contribution in [0.3, 0.4) is 0 Å². The van der Waals surface area contributed by atoms with Crippen molar-refractivity contribution in [2.75, 3.05) is 45.9 Å². The van der Waals surface area contributed by atoms with E-state index in [9.17, 15) is 24.3 Å². The highest BCUT2D eigenvalue weighted by atomic mass is 16.6. The van der Waals surface area contributed by atoms with Crippen molar-refractivity contribution in [1.82, 2.24) is 20.4 Å². The van der Waals surface area contributed by atoms with E-state index in [1.165, 1.54) is 9.80 Å². The fourth-order valence-electron chi connectivity index (χ4n) is 3.43. The molecule has 0 unspecified atom stereocenters. The molecule has 0 fully saturated rings.